The summed E-state index contributed by atoms with van der Waals surface area (Å²) in [6, 6.07) is 3.35. The highest BCUT2D eigenvalue weighted by Gasteiger charge is 2.20. The minimum absolute atomic E-state index is 0.0987. The first kappa shape index (κ1) is 17.9. The van der Waals surface area contributed by atoms with Crippen LogP contribution in [-0.2, 0) is 17.8 Å². The van der Waals surface area contributed by atoms with Gasteiger partial charge in [0, 0.05) is 18.0 Å². The van der Waals surface area contributed by atoms with Crippen molar-refractivity contribution in [2.24, 2.45) is 0 Å². The maximum atomic E-state index is 12.5. The van der Waals surface area contributed by atoms with Crippen molar-refractivity contribution in [1.29, 1.82) is 0 Å². The Hall–Kier alpha value is -2.87. The zero-order chi connectivity index (χ0) is 18.8. The number of carbonyl (C=O) groups is 2. The van der Waals surface area contributed by atoms with Crippen LogP contribution in [0, 0.1) is 13.8 Å². The van der Waals surface area contributed by atoms with E-state index >= 15 is 0 Å². The van der Waals surface area contributed by atoms with Crippen LogP contribution in [-0.4, -0.2) is 33.9 Å². The fourth-order valence-corrected chi connectivity index (χ4v) is 3.17. The molecule has 3 aromatic rings. The molecule has 0 aromatic carbocycles. The number of thiophene rings is 1. The van der Waals surface area contributed by atoms with Crippen LogP contribution < -0.4 is 0 Å². The third-order valence-electron chi connectivity index (χ3n) is 4.00. The third kappa shape index (κ3) is 3.70. The van der Waals surface area contributed by atoms with Crippen LogP contribution in [0.15, 0.2) is 31.7 Å². The Morgan fingerprint density at radius 2 is 2.04 bits per heavy atom. The van der Waals surface area contributed by atoms with Crippen LogP contribution in [0.2, 0.25) is 0 Å². The molecule has 0 saturated heterocycles. The lowest BCUT2D eigenvalue weighted by Crippen LogP contribution is -2.27. The summed E-state index contributed by atoms with van der Waals surface area (Å²) < 4.78 is 11.1. The van der Waals surface area contributed by atoms with Crippen LogP contribution in [0.4, 0.5) is 0 Å². The average Bonchev–Trinajstić information content (AvgIpc) is 3.28. The first-order valence-electron chi connectivity index (χ1n) is 7.90. The number of aryl methyl sites for hydroxylation is 2. The number of carboxylic acids is 1. The Balaban J connectivity index is 1.68. The van der Waals surface area contributed by atoms with Crippen molar-refractivity contribution in [1.82, 2.24) is 9.88 Å². The third-order valence-corrected chi connectivity index (χ3v) is 4.68. The molecule has 0 aliphatic carbocycles. The van der Waals surface area contributed by atoms with Crippen LogP contribution >= 0.6 is 11.3 Å². The SMILES string of the molecule is Cc1oc(CN(C)C(=O)Cc2nc(-c3ccsc3)oc2C)cc1C(=O)O. The van der Waals surface area contributed by atoms with Gasteiger partial charge in [0.25, 0.3) is 0 Å². The molecule has 0 aliphatic heterocycles. The molecule has 0 bridgehead atoms. The second-order valence-electron chi connectivity index (χ2n) is 5.95. The maximum Gasteiger partial charge on any atom is 0.339 e. The van der Waals surface area contributed by atoms with E-state index in [1.165, 1.54) is 11.0 Å². The Morgan fingerprint density at radius 3 is 2.65 bits per heavy atom. The number of amides is 1. The van der Waals surface area contributed by atoms with E-state index in [4.69, 9.17) is 13.9 Å². The van der Waals surface area contributed by atoms with E-state index in [0.717, 1.165) is 5.56 Å². The van der Waals surface area contributed by atoms with E-state index in [0.29, 0.717) is 28.9 Å². The van der Waals surface area contributed by atoms with Gasteiger partial charge in [-0.05, 0) is 31.4 Å². The summed E-state index contributed by atoms with van der Waals surface area (Å²) in [7, 11) is 1.63. The predicted octanol–water partition coefficient (Wildman–Crippen LogP) is 3.51. The van der Waals surface area contributed by atoms with Crippen molar-refractivity contribution in [3.63, 3.8) is 0 Å². The Kier molecular flexibility index (Phi) is 4.94. The van der Waals surface area contributed by atoms with E-state index < -0.39 is 5.97 Å². The summed E-state index contributed by atoms with van der Waals surface area (Å²) in [5.41, 5.74) is 1.58. The second kappa shape index (κ2) is 7.17. The molecule has 0 saturated carbocycles. The normalized spacial score (nSPS) is 10.9. The highest BCUT2D eigenvalue weighted by Crippen LogP contribution is 2.24. The van der Waals surface area contributed by atoms with Crippen LogP contribution in [0.25, 0.3) is 11.5 Å². The molecule has 0 atom stereocenters. The number of aromatic carboxylic acids is 1. The van der Waals surface area contributed by atoms with Gasteiger partial charge in [0.15, 0.2) is 0 Å². The molecule has 1 N–H and O–H groups in total. The van der Waals surface area contributed by atoms with Crippen molar-refractivity contribution < 1.29 is 23.5 Å². The minimum atomic E-state index is -1.05. The highest BCUT2D eigenvalue weighted by molar-refractivity contribution is 7.08. The van der Waals surface area contributed by atoms with E-state index in [1.807, 2.05) is 16.8 Å². The molecule has 3 aromatic heterocycles. The molecular formula is C18H18N2O5S. The number of carboxylic acid groups (broad SMARTS) is 1. The molecule has 0 spiro atoms. The molecule has 1 amide bonds. The van der Waals surface area contributed by atoms with E-state index in [9.17, 15) is 9.59 Å². The summed E-state index contributed by atoms with van der Waals surface area (Å²) in [6.07, 6.45) is 0.0987. The fraction of sp³-hybridized carbons (Fsp3) is 0.278. The average molecular weight is 374 g/mol. The molecule has 136 valence electrons. The lowest BCUT2D eigenvalue weighted by molar-refractivity contribution is -0.130. The molecule has 0 unspecified atom stereocenters. The van der Waals surface area contributed by atoms with Gasteiger partial charge in [-0.1, -0.05) is 0 Å². The van der Waals surface area contributed by atoms with Gasteiger partial charge < -0.3 is 18.8 Å². The zero-order valence-corrected chi connectivity index (χ0v) is 15.4. The van der Waals surface area contributed by atoms with Crippen molar-refractivity contribution in [3.8, 4) is 11.5 Å². The summed E-state index contributed by atoms with van der Waals surface area (Å²) >= 11 is 1.55. The first-order valence-corrected chi connectivity index (χ1v) is 8.85. The predicted molar refractivity (Wildman–Crippen MR) is 95.1 cm³/mol. The van der Waals surface area contributed by atoms with E-state index in [2.05, 4.69) is 4.98 Å². The standard InChI is InChI=1S/C18H18N2O5S/c1-10-14(18(22)23)6-13(24-10)8-20(3)16(21)7-15-11(2)25-17(19-15)12-4-5-26-9-12/h4-6,9H,7-8H2,1-3H3,(H,22,23). The highest BCUT2D eigenvalue weighted by atomic mass is 32.1. The largest absolute Gasteiger partial charge is 0.478 e. The molecule has 0 radical (unpaired) electrons. The number of nitrogens with zero attached hydrogens (tertiary/aromatic N) is 2. The Bertz CT molecular complexity index is 939. The second-order valence-corrected chi connectivity index (χ2v) is 6.73. The number of oxazole rings is 1. The Morgan fingerprint density at radius 1 is 1.27 bits per heavy atom. The topological polar surface area (TPSA) is 96.8 Å². The van der Waals surface area contributed by atoms with Gasteiger partial charge in [-0.2, -0.15) is 11.3 Å². The van der Waals surface area contributed by atoms with E-state index in [1.54, 1.807) is 32.2 Å². The minimum Gasteiger partial charge on any atom is -0.478 e. The fourth-order valence-electron chi connectivity index (χ4n) is 2.54. The van der Waals surface area contributed by atoms with Crippen LogP contribution in [0.5, 0.6) is 0 Å². The van der Waals surface area contributed by atoms with Crippen molar-refractivity contribution in [2.45, 2.75) is 26.8 Å². The maximum absolute atomic E-state index is 12.5. The number of hydrogen-bond donors (Lipinski definition) is 1. The number of aromatic nitrogens is 1. The lowest BCUT2D eigenvalue weighted by Gasteiger charge is -2.15. The molecule has 0 fully saturated rings. The number of furan rings is 1. The van der Waals surface area contributed by atoms with Gasteiger partial charge in [-0.15, -0.1) is 0 Å². The van der Waals surface area contributed by atoms with Gasteiger partial charge in [0.2, 0.25) is 11.8 Å². The quantitative estimate of drug-likeness (QED) is 0.709. The molecule has 26 heavy (non-hydrogen) atoms. The van der Waals surface area contributed by atoms with Gasteiger partial charge in [0.05, 0.1) is 18.7 Å². The van der Waals surface area contributed by atoms with Gasteiger partial charge in [0.1, 0.15) is 22.8 Å². The smallest absolute Gasteiger partial charge is 0.339 e. The summed E-state index contributed by atoms with van der Waals surface area (Å²) in [5.74, 6) is 0.638. The molecular weight excluding hydrogens is 356 g/mol. The lowest BCUT2D eigenvalue weighted by atomic mass is 10.2. The number of rotatable bonds is 6. The van der Waals surface area contributed by atoms with Crippen molar-refractivity contribution in [2.75, 3.05) is 7.05 Å². The van der Waals surface area contributed by atoms with Crippen molar-refractivity contribution in [3.05, 3.63) is 51.4 Å². The van der Waals surface area contributed by atoms with Gasteiger partial charge in [-0.3, -0.25) is 4.79 Å². The Labute approximate surface area is 153 Å². The van der Waals surface area contributed by atoms with Crippen molar-refractivity contribution >= 4 is 23.2 Å². The number of likely N-dealkylation sites (N-methyl/N-ethyl adjacent to an activating group) is 1. The molecule has 3 heterocycles. The monoisotopic (exact) mass is 374 g/mol. The zero-order valence-electron chi connectivity index (χ0n) is 14.6. The van der Waals surface area contributed by atoms with Gasteiger partial charge in [-0.25, -0.2) is 9.78 Å². The molecule has 3 rings (SSSR count). The molecule has 8 heteroatoms. The van der Waals surface area contributed by atoms with Gasteiger partial charge >= 0.3 is 5.97 Å². The molecule has 0 aliphatic rings. The van der Waals surface area contributed by atoms with Crippen LogP contribution in [0.1, 0.15) is 33.3 Å². The molecule has 7 nitrogen and oxygen atoms in total. The summed E-state index contributed by atoms with van der Waals surface area (Å²) in [4.78, 5) is 29.4. The summed E-state index contributed by atoms with van der Waals surface area (Å²) in [5, 5.41) is 12.9. The first-order chi connectivity index (χ1) is 12.3. The summed E-state index contributed by atoms with van der Waals surface area (Å²) in [6.45, 7) is 3.54. The van der Waals surface area contributed by atoms with E-state index in [-0.39, 0.29) is 24.4 Å². The number of hydrogen-bond acceptors (Lipinski definition) is 6. The number of carbonyl (C=O) groups excluding carboxylic acids is 1. The van der Waals surface area contributed by atoms with Crippen LogP contribution in [0.3, 0.4) is 0 Å².